The third kappa shape index (κ3) is 5.86. The van der Waals surface area contributed by atoms with Crippen LogP contribution in [0.3, 0.4) is 0 Å². The molecule has 0 heterocycles. The van der Waals surface area contributed by atoms with Gasteiger partial charge in [0.05, 0.1) is 0 Å². The Morgan fingerprint density at radius 2 is 1.93 bits per heavy atom. The van der Waals surface area contributed by atoms with Crippen LogP contribution in [0.5, 0.6) is 0 Å². The summed E-state index contributed by atoms with van der Waals surface area (Å²) in [6, 6.07) is 10.2. The van der Waals surface area contributed by atoms with E-state index in [1.165, 1.54) is 5.56 Å². The van der Waals surface area contributed by atoms with Crippen LogP contribution in [0.25, 0.3) is 0 Å². The summed E-state index contributed by atoms with van der Waals surface area (Å²) in [6.45, 7) is 0.338. The van der Waals surface area contributed by atoms with Gasteiger partial charge in [-0.2, -0.15) is 0 Å². The summed E-state index contributed by atoms with van der Waals surface area (Å²) in [4.78, 5) is 10.1. The second-order valence-electron chi connectivity index (χ2n) is 3.39. The number of hydrogen-bond donors (Lipinski definition) is 1. The second-order valence-corrected chi connectivity index (χ2v) is 3.39. The lowest BCUT2D eigenvalue weighted by Gasteiger charge is -2.02. The van der Waals surface area contributed by atoms with Crippen LogP contribution in [0.4, 0.5) is 0 Å². The van der Waals surface area contributed by atoms with Gasteiger partial charge in [-0.15, -0.1) is 0 Å². The second kappa shape index (κ2) is 7.01. The molecule has 3 heteroatoms. The molecule has 0 fully saturated rings. The molecule has 0 aliphatic heterocycles. The Morgan fingerprint density at radius 3 is 2.60 bits per heavy atom. The van der Waals surface area contributed by atoms with Crippen molar-refractivity contribution in [1.29, 1.82) is 0 Å². The number of aryl methyl sites for hydroxylation is 1. The fourth-order valence-electron chi connectivity index (χ4n) is 1.34. The topological polar surface area (TPSA) is 46.5 Å². The predicted molar refractivity (Wildman–Crippen MR) is 57.8 cm³/mol. The summed E-state index contributed by atoms with van der Waals surface area (Å²) in [7, 11) is 0. The van der Waals surface area contributed by atoms with Crippen LogP contribution < -0.4 is 0 Å². The monoisotopic (exact) mass is 208 g/mol. The summed E-state index contributed by atoms with van der Waals surface area (Å²) in [5.41, 5.74) is 1.32. The molecule has 0 bridgehead atoms. The summed E-state index contributed by atoms with van der Waals surface area (Å²) in [6.07, 6.45) is 2.96. The lowest BCUT2D eigenvalue weighted by Crippen LogP contribution is -2.07. The Balaban J connectivity index is 2.00. The maximum absolute atomic E-state index is 10.1. The van der Waals surface area contributed by atoms with Crippen molar-refractivity contribution >= 4 is 5.97 Å². The largest absolute Gasteiger partial charge is 0.480 e. The number of ether oxygens (including phenoxy) is 1. The molecule has 0 unspecified atom stereocenters. The van der Waals surface area contributed by atoms with E-state index < -0.39 is 5.97 Å². The van der Waals surface area contributed by atoms with Gasteiger partial charge in [-0.25, -0.2) is 4.79 Å². The molecule has 0 aromatic heterocycles. The van der Waals surface area contributed by atoms with E-state index in [0.29, 0.717) is 6.61 Å². The van der Waals surface area contributed by atoms with Gasteiger partial charge >= 0.3 is 5.97 Å². The van der Waals surface area contributed by atoms with Crippen molar-refractivity contribution < 1.29 is 14.6 Å². The molecule has 3 nitrogen and oxygen atoms in total. The molecule has 0 atom stereocenters. The average Bonchev–Trinajstić information content (AvgIpc) is 2.24. The molecule has 0 aliphatic carbocycles. The Labute approximate surface area is 89.7 Å². The number of hydrogen-bond acceptors (Lipinski definition) is 2. The quantitative estimate of drug-likeness (QED) is 0.698. The highest BCUT2D eigenvalue weighted by atomic mass is 16.5. The van der Waals surface area contributed by atoms with Gasteiger partial charge in [-0.3, -0.25) is 0 Å². The van der Waals surface area contributed by atoms with E-state index >= 15 is 0 Å². The van der Waals surface area contributed by atoms with Crippen LogP contribution in [0.1, 0.15) is 18.4 Å². The number of benzene rings is 1. The summed E-state index contributed by atoms with van der Waals surface area (Å²) in [5.74, 6) is -0.905. The minimum Gasteiger partial charge on any atom is -0.480 e. The molecule has 0 aliphatic rings. The van der Waals surface area contributed by atoms with Crippen molar-refractivity contribution in [1.82, 2.24) is 0 Å². The van der Waals surface area contributed by atoms with Gasteiger partial charge < -0.3 is 9.84 Å². The van der Waals surface area contributed by atoms with Gasteiger partial charge in [-0.1, -0.05) is 30.3 Å². The highest BCUT2D eigenvalue weighted by Gasteiger charge is 1.96. The Kier molecular flexibility index (Phi) is 5.48. The van der Waals surface area contributed by atoms with E-state index in [1.807, 2.05) is 18.2 Å². The van der Waals surface area contributed by atoms with Crippen LogP contribution in [0, 0.1) is 0 Å². The molecule has 0 spiro atoms. The van der Waals surface area contributed by atoms with Crippen LogP contribution in [0.15, 0.2) is 30.3 Å². The third-order valence-electron chi connectivity index (χ3n) is 2.07. The smallest absolute Gasteiger partial charge is 0.329 e. The van der Waals surface area contributed by atoms with Gasteiger partial charge in [0, 0.05) is 6.61 Å². The van der Waals surface area contributed by atoms with Gasteiger partial charge in [-0.05, 0) is 24.8 Å². The first-order chi connectivity index (χ1) is 7.29. The van der Waals surface area contributed by atoms with E-state index in [0.717, 1.165) is 19.3 Å². The number of carboxylic acid groups (broad SMARTS) is 1. The normalized spacial score (nSPS) is 10.1. The highest BCUT2D eigenvalue weighted by molar-refractivity contribution is 5.67. The van der Waals surface area contributed by atoms with Crippen LogP contribution in [0.2, 0.25) is 0 Å². The molecule has 82 valence electrons. The maximum Gasteiger partial charge on any atom is 0.329 e. The minimum atomic E-state index is -0.905. The summed E-state index contributed by atoms with van der Waals surface area (Å²) >= 11 is 0. The highest BCUT2D eigenvalue weighted by Crippen LogP contribution is 2.04. The molecule has 0 amide bonds. The van der Waals surface area contributed by atoms with Crippen molar-refractivity contribution in [2.45, 2.75) is 19.3 Å². The number of carboxylic acids is 1. The zero-order valence-electron chi connectivity index (χ0n) is 8.69. The predicted octanol–water partition coefficient (Wildman–Crippen LogP) is 2.11. The van der Waals surface area contributed by atoms with Crippen LogP contribution >= 0.6 is 0 Å². The fraction of sp³-hybridized carbons (Fsp3) is 0.417. The number of rotatable bonds is 7. The molecule has 15 heavy (non-hydrogen) atoms. The van der Waals surface area contributed by atoms with Crippen molar-refractivity contribution in [2.24, 2.45) is 0 Å². The molecular weight excluding hydrogens is 192 g/mol. The van der Waals surface area contributed by atoms with Crippen molar-refractivity contribution in [2.75, 3.05) is 13.2 Å². The average molecular weight is 208 g/mol. The summed E-state index contributed by atoms with van der Waals surface area (Å²) < 4.78 is 4.93. The van der Waals surface area contributed by atoms with Crippen molar-refractivity contribution in [3.8, 4) is 0 Å². The van der Waals surface area contributed by atoms with E-state index in [1.54, 1.807) is 0 Å². The molecule has 1 rings (SSSR count). The van der Waals surface area contributed by atoms with E-state index in [9.17, 15) is 4.79 Å². The Morgan fingerprint density at radius 1 is 1.20 bits per heavy atom. The number of unbranched alkanes of at least 4 members (excludes halogenated alkanes) is 1. The molecule has 0 saturated heterocycles. The first-order valence-corrected chi connectivity index (χ1v) is 5.12. The first kappa shape index (κ1) is 11.7. The zero-order chi connectivity index (χ0) is 10.9. The number of aliphatic carboxylic acids is 1. The first-order valence-electron chi connectivity index (χ1n) is 5.12. The van der Waals surface area contributed by atoms with Crippen LogP contribution in [-0.2, 0) is 16.0 Å². The zero-order valence-corrected chi connectivity index (χ0v) is 8.69. The lowest BCUT2D eigenvalue weighted by molar-refractivity contribution is -0.142. The standard InChI is InChI=1S/C12H16O3/c13-12(14)10-15-9-5-4-8-11-6-2-1-3-7-11/h1-3,6-7H,4-5,8-10H2,(H,13,14). The van der Waals surface area contributed by atoms with E-state index in [4.69, 9.17) is 9.84 Å². The van der Waals surface area contributed by atoms with Gasteiger partial charge in [0.25, 0.3) is 0 Å². The SMILES string of the molecule is O=C(O)COCCCCc1ccccc1. The molecule has 0 saturated carbocycles. The van der Waals surface area contributed by atoms with Crippen LogP contribution in [-0.4, -0.2) is 24.3 Å². The van der Waals surface area contributed by atoms with Crippen molar-refractivity contribution in [3.05, 3.63) is 35.9 Å². The summed E-state index contributed by atoms with van der Waals surface area (Å²) in [5, 5.41) is 8.32. The van der Waals surface area contributed by atoms with Gasteiger partial charge in [0.15, 0.2) is 0 Å². The molecule has 1 N–H and O–H groups in total. The molecule has 1 aromatic carbocycles. The fourth-order valence-corrected chi connectivity index (χ4v) is 1.34. The van der Waals surface area contributed by atoms with Gasteiger partial charge in [0.2, 0.25) is 0 Å². The Hall–Kier alpha value is -1.35. The lowest BCUT2D eigenvalue weighted by atomic mass is 10.1. The molecular formula is C12H16O3. The maximum atomic E-state index is 10.1. The van der Waals surface area contributed by atoms with E-state index in [-0.39, 0.29) is 6.61 Å². The van der Waals surface area contributed by atoms with Crippen molar-refractivity contribution in [3.63, 3.8) is 0 Å². The van der Waals surface area contributed by atoms with E-state index in [2.05, 4.69) is 12.1 Å². The Bertz CT molecular complexity index is 282. The molecule has 0 radical (unpaired) electrons. The minimum absolute atomic E-state index is 0.189. The molecule has 1 aromatic rings. The third-order valence-corrected chi connectivity index (χ3v) is 2.07. The number of carbonyl (C=O) groups is 1. The van der Waals surface area contributed by atoms with Gasteiger partial charge in [0.1, 0.15) is 6.61 Å².